The average molecular weight is 264 g/mol. The molecule has 0 radical (unpaired) electrons. The van der Waals surface area contributed by atoms with Gasteiger partial charge in [0.05, 0.1) is 6.61 Å². The van der Waals surface area contributed by atoms with Crippen LogP contribution in [0.25, 0.3) is 0 Å². The highest BCUT2D eigenvalue weighted by Crippen LogP contribution is 2.22. The Bertz CT molecular complexity index is 276. The molecule has 0 aromatic heterocycles. The molecule has 1 aromatic carbocycles. The Kier molecular flexibility index (Phi) is 4.60. The van der Waals surface area contributed by atoms with Crippen LogP contribution in [0.15, 0.2) is 22.7 Å². The van der Waals surface area contributed by atoms with Gasteiger partial charge in [-0.1, -0.05) is 22.0 Å². The van der Waals surface area contributed by atoms with Crippen molar-refractivity contribution >= 4 is 27.5 Å². The maximum absolute atomic E-state index is 5.53. The lowest BCUT2D eigenvalue weighted by atomic mass is 10.2. The van der Waals surface area contributed by atoms with E-state index >= 15 is 0 Å². The van der Waals surface area contributed by atoms with Crippen molar-refractivity contribution in [2.75, 3.05) is 12.5 Å². The maximum Gasteiger partial charge on any atom is 0.120 e. The maximum atomic E-state index is 5.53. The minimum Gasteiger partial charge on any atom is -0.494 e. The van der Waals surface area contributed by atoms with Gasteiger partial charge in [0.2, 0.25) is 0 Å². The van der Waals surface area contributed by atoms with E-state index in [9.17, 15) is 0 Å². The van der Waals surface area contributed by atoms with Gasteiger partial charge in [-0.15, -0.1) is 11.6 Å². The molecule has 0 aliphatic heterocycles. The second kappa shape index (κ2) is 5.51. The van der Waals surface area contributed by atoms with E-state index in [0.717, 1.165) is 16.6 Å². The molecule has 0 aliphatic carbocycles. The van der Waals surface area contributed by atoms with E-state index in [1.807, 2.05) is 25.1 Å². The molecule has 0 spiro atoms. The number of hydrogen-bond acceptors (Lipinski definition) is 1. The van der Waals surface area contributed by atoms with E-state index in [2.05, 4.69) is 15.9 Å². The van der Waals surface area contributed by atoms with Crippen LogP contribution in [0.1, 0.15) is 12.0 Å². The molecule has 1 nitrogen and oxygen atoms in total. The Balaban J connectivity index is 2.53. The lowest BCUT2D eigenvalue weighted by molar-refractivity contribution is 0.318. The SMILES string of the molecule is Cc1ccc(OCCCCl)cc1Br. The Morgan fingerprint density at radius 1 is 1.46 bits per heavy atom. The Morgan fingerprint density at radius 3 is 2.85 bits per heavy atom. The van der Waals surface area contributed by atoms with Gasteiger partial charge in [-0.05, 0) is 31.0 Å². The molecule has 3 heteroatoms. The van der Waals surface area contributed by atoms with Crippen LogP contribution in [-0.2, 0) is 0 Å². The van der Waals surface area contributed by atoms with Crippen molar-refractivity contribution in [1.29, 1.82) is 0 Å². The van der Waals surface area contributed by atoms with E-state index in [0.29, 0.717) is 12.5 Å². The number of aryl methyl sites for hydroxylation is 1. The summed E-state index contributed by atoms with van der Waals surface area (Å²) in [6.07, 6.45) is 0.882. The smallest absolute Gasteiger partial charge is 0.120 e. The lowest BCUT2D eigenvalue weighted by Crippen LogP contribution is -1.97. The first-order valence-electron chi connectivity index (χ1n) is 4.19. The molecule has 0 fully saturated rings. The van der Waals surface area contributed by atoms with Crippen molar-refractivity contribution in [3.63, 3.8) is 0 Å². The van der Waals surface area contributed by atoms with Crippen molar-refractivity contribution in [1.82, 2.24) is 0 Å². The number of benzene rings is 1. The van der Waals surface area contributed by atoms with Crippen LogP contribution in [0.5, 0.6) is 5.75 Å². The van der Waals surface area contributed by atoms with Crippen LogP contribution in [0.4, 0.5) is 0 Å². The number of halogens is 2. The van der Waals surface area contributed by atoms with Gasteiger partial charge < -0.3 is 4.74 Å². The van der Waals surface area contributed by atoms with Gasteiger partial charge in [0, 0.05) is 10.4 Å². The monoisotopic (exact) mass is 262 g/mol. The van der Waals surface area contributed by atoms with Crippen molar-refractivity contribution in [2.24, 2.45) is 0 Å². The van der Waals surface area contributed by atoms with Gasteiger partial charge in [-0.2, -0.15) is 0 Å². The predicted molar refractivity (Wildman–Crippen MR) is 59.7 cm³/mol. The van der Waals surface area contributed by atoms with Crippen molar-refractivity contribution in [3.05, 3.63) is 28.2 Å². The minimum atomic E-state index is 0.646. The van der Waals surface area contributed by atoms with Crippen LogP contribution in [0.2, 0.25) is 0 Å². The third kappa shape index (κ3) is 3.57. The minimum absolute atomic E-state index is 0.646. The second-order valence-corrected chi connectivity index (χ2v) is 4.03. The molecule has 0 unspecified atom stereocenters. The normalized spacial score (nSPS) is 10.1. The number of ether oxygens (including phenoxy) is 1. The van der Waals surface area contributed by atoms with Crippen molar-refractivity contribution < 1.29 is 4.74 Å². The molecule has 0 saturated carbocycles. The summed E-state index contributed by atoms with van der Waals surface area (Å²) in [5.41, 5.74) is 1.21. The van der Waals surface area contributed by atoms with Crippen LogP contribution >= 0.6 is 27.5 Å². The summed E-state index contributed by atoms with van der Waals surface area (Å²) in [4.78, 5) is 0. The van der Waals surface area contributed by atoms with E-state index in [1.165, 1.54) is 5.56 Å². The van der Waals surface area contributed by atoms with Crippen LogP contribution < -0.4 is 4.74 Å². The third-order valence-electron chi connectivity index (χ3n) is 1.69. The highest BCUT2D eigenvalue weighted by molar-refractivity contribution is 9.10. The molecular formula is C10H12BrClO. The fraction of sp³-hybridized carbons (Fsp3) is 0.400. The molecule has 0 N–H and O–H groups in total. The molecule has 0 heterocycles. The summed E-state index contributed by atoms with van der Waals surface area (Å²) in [5, 5.41) is 0. The Morgan fingerprint density at radius 2 is 2.23 bits per heavy atom. The zero-order valence-corrected chi connectivity index (χ0v) is 9.86. The van der Waals surface area contributed by atoms with Gasteiger partial charge in [-0.25, -0.2) is 0 Å². The molecule has 13 heavy (non-hydrogen) atoms. The standard InChI is InChI=1S/C10H12BrClO/c1-8-3-4-9(7-10(8)11)13-6-2-5-12/h3-4,7H,2,5-6H2,1H3. The van der Waals surface area contributed by atoms with Gasteiger partial charge in [-0.3, -0.25) is 0 Å². The largest absolute Gasteiger partial charge is 0.494 e. The van der Waals surface area contributed by atoms with Crippen molar-refractivity contribution in [3.8, 4) is 5.75 Å². The molecule has 0 atom stereocenters. The quantitative estimate of drug-likeness (QED) is 0.593. The lowest BCUT2D eigenvalue weighted by Gasteiger charge is -2.06. The molecule has 0 bridgehead atoms. The second-order valence-electron chi connectivity index (χ2n) is 2.80. The van der Waals surface area contributed by atoms with Crippen molar-refractivity contribution in [2.45, 2.75) is 13.3 Å². The summed E-state index contributed by atoms with van der Waals surface area (Å²) < 4.78 is 6.55. The average Bonchev–Trinajstić information content (AvgIpc) is 2.12. The van der Waals surface area contributed by atoms with Gasteiger partial charge >= 0.3 is 0 Å². The number of hydrogen-bond donors (Lipinski definition) is 0. The summed E-state index contributed by atoms with van der Waals surface area (Å²) in [6, 6.07) is 5.97. The molecule has 72 valence electrons. The molecule has 0 amide bonds. The topological polar surface area (TPSA) is 9.23 Å². The Labute approximate surface area is 92.2 Å². The van der Waals surface area contributed by atoms with E-state index in [-0.39, 0.29) is 0 Å². The summed E-state index contributed by atoms with van der Waals surface area (Å²) >= 11 is 8.98. The highest BCUT2D eigenvalue weighted by atomic mass is 79.9. The fourth-order valence-corrected chi connectivity index (χ4v) is 1.37. The number of rotatable bonds is 4. The van der Waals surface area contributed by atoms with Gasteiger partial charge in [0.15, 0.2) is 0 Å². The Hall–Kier alpha value is -0.210. The fourth-order valence-electron chi connectivity index (χ4n) is 0.908. The zero-order chi connectivity index (χ0) is 9.68. The molecule has 0 aliphatic rings. The van der Waals surface area contributed by atoms with E-state index in [1.54, 1.807) is 0 Å². The van der Waals surface area contributed by atoms with Gasteiger partial charge in [0.25, 0.3) is 0 Å². The first-order chi connectivity index (χ1) is 6.24. The first-order valence-corrected chi connectivity index (χ1v) is 5.51. The summed E-state index contributed by atoms with van der Waals surface area (Å²) in [5.74, 6) is 1.54. The predicted octanol–water partition coefficient (Wildman–Crippen LogP) is 3.77. The number of alkyl halides is 1. The summed E-state index contributed by atoms with van der Waals surface area (Å²) in [7, 11) is 0. The molecular weight excluding hydrogens is 251 g/mol. The van der Waals surface area contributed by atoms with Crippen LogP contribution in [-0.4, -0.2) is 12.5 Å². The van der Waals surface area contributed by atoms with Crippen LogP contribution in [0.3, 0.4) is 0 Å². The first kappa shape index (κ1) is 10.9. The molecule has 1 rings (SSSR count). The van der Waals surface area contributed by atoms with Gasteiger partial charge in [0.1, 0.15) is 5.75 Å². The van der Waals surface area contributed by atoms with Crippen LogP contribution in [0, 0.1) is 6.92 Å². The summed E-state index contributed by atoms with van der Waals surface area (Å²) in [6.45, 7) is 2.73. The van der Waals surface area contributed by atoms with E-state index < -0.39 is 0 Å². The zero-order valence-electron chi connectivity index (χ0n) is 7.52. The third-order valence-corrected chi connectivity index (χ3v) is 2.81. The highest BCUT2D eigenvalue weighted by Gasteiger charge is 1.97. The van der Waals surface area contributed by atoms with E-state index in [4.69, 9.17) is 16.3 Å². The molecule has 1 aromatic rings. The molecule has 0 saturated heterocycles.